The number of hydrogen-bond donors (Lipinski definition) is 2. The standard InChI is InChI=1S/C19H18FN5O2S/c1-12-3-5-13(6-4-12)17-22-24-19(25(17)2)28-11-16(26)21-23-18(27)14-7-9-15(20)10-8-14/h3-10H,11H2,1-2H3,(H,21,26)(H,23,27). The molecule has 3 aromatic rings. The van der Waals surface area contributed by atoms with Crippen molar-refractivity contribution in [1.29, 1.82) is 0 Å². The molecule has 3 rings (SSSR count). The molecular formula is C19H18FN5O2S. The Morgan fingerprint density at radius 3 is 2.39 bits per heavy atom. The quantitative estimate of drug-likeness (QED) is 0.508. The molecule has 0 saturated heterocycles. The summed E-state index contributed by atoms with van der Waals surface area (Å²) in [5, 5.41) is 8.86. The fraction of sp³-hybridized carbons (Fsp3) is 0.158. The molecule has 28 heavy (non-hydrogen) atoms. The van der Waals surface area contributed by atoms with Gasteiger partial charge < -0.3 is 4.57 Å². The third kappa shape index (κ3) is 4.74. The van der Waals surface area contributed by atoms with Crippen molar-refractivity contribution in [1.82, 2.24) is 25.6 Å². The number of thioether (sulfide) groups is 1. The summed E-state index contributed by atoms with van der Waals surface area (Å²) in [6.45, 7) is 2.01. The molecule has 1 aromatic heterocycles. The van der Waals surface area contributed by atoms with Crippen LogP contribution in [0.1, 0.15) is 15.9 Å². The predicted molar refractivity (Wildman–Crippen MR) is 104 cm³/mol. The number of hydrazine groups is 1. The van der Waals surface area contributed by atoms with Gasteiger partial charge in [-0.1, -0.05) is 41.6 Å². The number of aromatic nitrogens is 3. The second-order valence-corrected chi connectivity index (χ2v) is 6.97. The van der Waals surface area contributed by atoms with E-state index in [0.717, 1.165) is 11.1 Å². The molecule has 9 heteroatoms. The van der Waals surface area contributed by atoms with Crippen LogP contribution in [-0.4, -0.2) is 32.3 Å². The van der Waals surface area contributed by atoms with Gasteiger partial charge >= 0.3 is 0 Å². The van der Waals surface area contributed by atoms with Gasteiger partial charge in [-0.2, -0.15) is 0 Å². The Labute approximate surface area is 165 Å². The van der Waals surface area contributed by atoms with Crippen molar-refractivity contribution in [2.75, 3.05) is 5.75 Å². The van der Waals surface area contributed by atoms with E-state index in [2.05, 4.69) is 21.0 Å². The van der Waals surface area contributed by atoms with Crippen LogP contribution >= 0.6 is 11.8 Å². The number of aryl methyl sites for hydroxylation is 1. The second-order valence-electron chi connectivity index (χ2n) is 6.03. The van der Waals surface area contributed by atoms with Crippen LogP contribution in [0, 0.1) is 12.7 Å². The van der Waals surface area contributed by atoms with Crippen molar-refractivity contribution < 1.29 is 14.0 Å². The Balaban J connectivity index is 1.53. The number of benzene rings is 2. The van der Waals surface area contributed by atoms with Crippen LogP contribution in [-0.2, 0) is 11.8 Å². The smallest absolute Gasteiger partial charge is 0.269 e. The maximum Gasteiger partial charge on any atom is 0.269 e. The largest absolute Gasteiger partial charge is 0.305 e. The molecule has 2 amide bonds. The Morgan fingerprint density at radius 1 is 1.04 bits per heavy atom. The molecule has 0 saturated carbocycles. The fourth-order valence-corrected chi connectivity index (χ4v) is 3.07. The molecule has 0 atom stereocenters. The Kier molecular flexibility index (Phi) is 6.05. The van der Waals surface area contributed by atoms with Crippen LogP contribution in [0.2, 0.25) is 0 Å². The minimum absolute atomic E-state index is 0.0452. The van der Waals surface area contributed by atoms with Crippen molar-refractivity contribution in [2.24, 2.45) is 7.05 Å². The van der Waals surface area contributed by atoms with Crippen LogP contribution in [0.3, 0.4) is 0 Å². The maximum absolute atomic E-state index is 12.9. The first-order valence-corrected chi connectivity index (χ1v) is 9.36. The zero-order valence-electron chi connectivity index (χ0n) is 15.3. The first-order chi connectivity index (χ1) is 13.4. The molecule has 0 radical (unpaired) electrons. The normalized spacial score (nSPS) is 10.5. The van der Waals surface area contributed by atoms with Crippen LogP contribution < -0.4 is 10.9 Å². The molecule has 2 aromatic carbocycles. The molecular weight excluding hydrogens is 381 g/mol. The van der Waals surface area contributed by atoms with Crippen LogP contribution in [0.25, 0.3) is 11.4 Å². The summed E-state index contributed by atoms with van der Waals surface area (Å²) in [6.07, 6.45) is 0. The highest BCUT2D eigenvalue weighted by molar-refractivity contribution is 7.99. The minimum Gasteiger partial charge on any atom is -0.305 e. The summed E-state index contributed by atoms with van der Waals surface area (Å²) in [6, 6.07) is 12.9. The van der Waals surface area contributed by atoms with Crippen molar-refractivity contribution >= 4 is 23.6 Å². The van der Waals surface area contributed by atoms with Gasteiger partial charge in [0.05, 0.1) is 5.75 Å². The molecule has 0 aliphatic rings. The van der Waals surface area contributed by atoms with E-state index < -0.39 is 17.6 Å². The Morgan fingerprint density at radius 2 is 1.71 bits per heavy atom. The summed E-state index contributed by atoms with van der Waals surface area (Å²) in [5.41, 5.74) is 6.94. The van der Waals surface area contributed by atoms with Gasteiger partial charge in [0, 0.05) is 18.2 Å². The number of carbonyl (C=O) groups excluding carboxylic acids is 2. The number of rotatable bonds is 5. The maximum atomic E-state index is 12.9. The lowest BCUT2D eigenvalue weighted by atomic mass is 10.1. The van der Waals surface area contributed by atoms with Crippen molar-refractivity contribution in [3.63, 3.8) is 0 Å². The molecule has 0 fully saturated rings. The van der Waals surface area contributed by atoms with E-state index in [1.807, 2.05) is 38.2 Å². The first kappa shape index (κ1) is 19.6. The van der Waals surface area contributed by atoms with Gasteiger partial charge in [-0.25, -0.2) is 4.39 Å². The summed E-state index contributed by atoms with van der Waals surface area (Å²) in [4.78, 5) is 23.9. The summed E-state index contributed by atoms with van der Waals surface area (Å²) in [5.74, 6) is -0.624. The molecule has 0 spiro atoms. The lowest BCUT2D eigenvalue weighted by Crippen LogP contribution is -2.42. The zero-order chi connectivity index (χ0) is 20.1. The van der Waals surface area contributed by atoms with Crippen LogP contribution in [0.5, 0.6) is 0 Å². The van der Waals surface area contributed by atoms with Crippen LogP contribution in [0.15, 0.2) is 53.7 Å². The van der Waals surface area contributed by atoms with E-state index in [-0.39, 0.29) is 11.3 Å². The van der Waals surface area contributed by atoms with E-state index in [1.54, 1.807) is 4.57 Å². The van der Waals surface area contributed by atoms with Gasteiger partial charge in [-0.15, -0.1) is 10.2 Å². The molecule has 144 valence electrons. The number of nitrogens with zero attached hydrogens (tertiary/aromatic N) is 3. The van der Waals surface area contributed by atoms with Gasteiger partial charge in [0.1, 0.15) is 5.82 Å². The number of carbonyl (C=O) groups is 2. The minimum atomic E-state index is -0.529. The topological polar surface area (TPSA) is 88.9 Å². The third-order valence-electron chi connectivity index (χ3n) is 3.90. The SMILES string of the molecule is Cc1ccc(-c2nnc(SCC(=O)NNC(=O)c3ccc(F)cc3)n2C)cc1. The summed E-state index contributed by atoms with van der Waals surface area (Å²) < 4.78 is 14.7. The molecule has 0 aliphatic heterocycles. The summed E-state index contributed by atoms with van der Waals surface area (Å²) in [7, 11) is 1.83. The lowest BCUT2D eigenvalue weighted by molar-refractivity contribution is -0.119. The van der Waals surface area contributed by atoms with Gasteiger partial charge in [0.2, 0.25) is 5.91 Å². The molecule has 0 unspecified atom stereocenters. The Bertz CT molecular complexity index is 987. The van der Waals surface area contributed by atoms with E-state index in [0.29, 0.717) is 11.0 Å². The molecule has 0 bridgehead atoms. The monoisotopic (exact) mass is 399 g/mol. The predicted octanol–water partition coefficient (Wildman–Crippen LogP) is 2.48. The van der Waals surface area contributed by atoms with Gasteiger partial charge in [-0.05, 0) is 31.2 Å². The average Bonchev–Trinajstić information content (AvgIpc) is 3.06. The molecule has 7 nitrogen and oxygen atoms in total. The third-order valence-corrected chi connectivity index (χ3v) is 4.92. The van der Waals surface area contributed by atoms with Crippen LogP contribution in [0.4, 0.5) is 4.39 Å². The number of halogens is 1. The highest BCUT2D eigenvalue weighted by Gasteiger charge is 2.13. The highest BCUT2D eigenvalue weighted by atomic mass is 32.2. The van der Waals surface area contributed by atoms with Crippen molar-refractivity contribution in [3.8, 4) is 11.4 Å². The summed E-state index contributed by atoms with van der Waals surface area (Å²) >= 11 is 1.20. The van der Waals surface area contributed by atoms with E-state index in [1.165, 1.54) is 36.0 Å². The van der Waals surface area contributed by atoms with E-state index in [4.69, 9.17) is 0 Å². The fourth-order valence-electron chi connectivity index (χ4n) is 2.36. The Hall–Kier alpha value is -3.20. The number of hydrogen-bond acceptors (Lipinski definition) is 5. The van der Waals surface area contributed by atoms with Crippen molar-refractivity contribution in [2.45, 2.75) is 12.1 Å². The zero-order valence-corrected chi connectivity index (χ0v) is 16.1. The molecule has 0 aliphatic carbocycles. The average molecular weight is 399 g/mol. The van der Waals surface area contributed by atoms with E-state index >= 15 is 0 Å². The second kappa shape index (κ2) is 8.66. The first-order valence-electron chi connectivity index (χ1n) is 8.38. The van der Waals surface area contributed by atoms with Gasteiger partial charge in [0.15, 0.2) is 11.0 Å². The number of nitrogens with one attached hydrogen (secondary N) is 2. The lowest BCUT2D eigenvalue weighted by Gasteiger charge is -2.07. The van der Waals surface area contributed by atoms with Gasteiger partial charge in [0.25, 0.3) is 5.91 Å². The highest BCUT2D eigenvalue weighted by Crippen LogP contribution is 2.22. The van der Waals surface area contributed by atoms with Crippen molar-refractivity contribution in [3.05, 3.63) is 65.5 Å². The van der Waals surface area contributed by atoms with E-state index in [9.17, 15) is 14.0 Å². The molecule has 1 heterocycles. The molecule has 2 N–H and O–H groups in total. The number of amides is 2. The van der Waals surface area contributed by atoms with Gasteiger partial charge in [-0.3, -0.25) is 20.4 Å².